The molecule has 0 unspecified atom stereocenters. The Balaban J connectivity index is 1.24. The summed E-state index contributed by atoms with van der Waals surface area (Å²) >= 11 is 0. The predicted octanol–water partition coefficient (Wildman–Crippen LogP) is 5.64. The molecule has 1 atom stereocenters. The van der Waals surface area contributed by atoms with Crippen molar-refractivity contribution in [1.29, 1.82) is 0 Å². The summed E-state index contributed by atoms with van der Waals surface area (Å²) in [4.78, 5) is 22.6. The van der Waals surface area contributed by atoms with E-state index < -0.39 is 11.6 Å². The summed E-state index contributed by atoms with van der Waals surface area (Å²) < 4.78 is 31.8. The molecule has 4 aromatic rings. The molecule has 7 rings (SSSR count). The topological polar surface area (TPSA) is 75.0 Å². The molecule has 0 amide bonds. The minimum atomic E-state index is -0.633. The number of hydrogen-bond acceptors (Lipinski definition) is 7. The molecule has 3 fully saturated rings. The molecule has 0 radical (unpaired) electrons. The normalized spacial score (nSPS) is 20.5. The smallest absolute Gasteiger partial charge is 0.229 e. The van der Waals surface area contributed by atoms with E-state index in [1.54, 1.807) is 6.07 Å². The number of fused-ring (bicyclic) bond motifs is 5. The first-order chi connectivity index (χ1) is 18.8. The van der Waals surface area contributed by atoms with Gasteiger partial charge in [0.2, 0.25) is 5.95 Å². The third-order valence-electron chi connectivity index (χ3n) is 8.17. The minimum absolute atomic E-state index is 0.0134. The molecule has 1 aromatic carbocycles. The van der Waals surface area contributed by atoms with Crippen LogP contribution in [0.15, 0.2) is 36.7 Å². The van der Waals surface area contributed by atoms with Crippen molar-refractivity contribution in [3.63, 3.8) is 0 Å². The third kappa shape index (κ3) is 4.87. The number of benzene rings is 1. The van der Waals surface area contributed by atoms with E-state index in [1.165, 1.54) is 32.0 Å². The molecule has 3 aliphatic rings. The van der Waals surface area contributed by atoms with Crippen molar-refractivity contribution in [2.24, 2.45) is 0 Å². The Kier molecular flexibility index (Phi) is 6.76. The van der Waals surface area contributed by atoms with Gasteiger partial charge >= 0.3 is 0 Å². The number of aromatic nitrogens is 5. The fourth-order valence-corrected chi connectivity index (χ4v) is 6.14. The van der Waals surface area contributed by atoms with Gasteiger partial charge in [0, 0.05) is 43.0 Å². The number of rotatable bonds is 6. The van der Waals surface area contributed by atoms with Crippen molar-refractivity contribution < 1.29 is 8.78 Å². The fourth-order valence-electron chi connectivity index (χ4n) is 6.14. The van der Waals surface area contributed by atoms with Gasteiger partial charge in [-0.1, -0.05) is 6.07 Å². The summed E-state index contributed by atoms with van der Waals surface area (Å²) in [6.07, 6.45) is 5.42. The number of anilines is 2. The number of hydrogen-bond donors (Lipinski definition) is 1. The van der Waals surface area contributed by atoms with Gasteiger partial charge in [0.1, 0.15) is 22.9 Å². The standard InChI is InChI=1S/C29H34F2N8/c1-17(2)39-19(4)34-28-23(30)13-21(14-25(28)39)27-24(31)16-33-29(36-27)35-26-6-5-20(15-32-26)18(3)38-12-11-37-9-7-22(38)8-10-37/h5-6,13-18,22H,7-12H2,1-4H3,(H,32,33,35,36)/t18-/m0/s1. The van der Waals surface area contributed by atoms with E-state index >= 15 is 4.39 Å². The van der Waals surface area contributed by atoms with E-state index in [0.29, 0.717) is 28.8 Å². The van der Waals surface area contributed by atoms with Crippen LogP contribution in [0.2, 0.25) is 0 Å². The average Bonchev–Trinajstić information content (AvgIpc) is 3.04. The minimum Gasteiger partial charge on any atom is -0.326 e. The SMILES string of the molecule is Cc1nc2c(F)cc(-c3nc(Nc4ccc([C@H](C)N5CCN6CCC5CC6)cn4)ncc3F)cc2n1C(C)C. The number of aryl methyl sites for hydroxylation is 1. The Morgan fingerprint density at radius 2 is 1.72 bits per heavy atom. The van der Waals surface area contributed by atoms with Gasteiger partial charge < -0.3 is 14.8 Å². The zero-order valence-electron chi connectivity index (χ0n) is 22.8. The van der Waals surface area contributed by atoms with Crippen LogP contribution < -0.4 is 5.32 Å². The van der Waals surface area contributed by atoms with Gasteiger partial charge in [-0.25, -0.2) is 28.7 Å². The molecule has 3 aliphatic heterocycles. The van der Waals surface area contributed by atoms with Crippen LogP contribution in [0.4, 0.5) is 20.5 Å². The summed E-state index contributed by atoms with van der Waals surface area (Å²) in [5, 5.41) is 3.08. The fraction of sp³-hybridized carbons (Fsp3) is 0.448. The first-order valence-corrected chi connectivity index (χ1v) is 13.7. The molecule has 204 valence electrons. The molecule has 2 bridgehead atoms. The van der Waals surface area contributed by atoms with E-state index in [2.05, 4.69) is 48.0 Å². The maximum absolute atomic E-state index is 15.0. The van der Waals surface area contributed by atoms with Crippen LogP contribution in [0.3, 0.4) is 0 Å². The molecule has 6 heterocycles. The molecule has 3 saturated heterocycles. The van der Waals surface area contributed by atoms with Crippen LogP contribution in [-0.2, 0) is 0 Å². The number of imidazole rings is 1. The van der Waals surface area contributed by atoms with Crippen LogP contribution in [0.25, 0.3) is 22.3 Å². The largest absolute Gasteiger partial charge is 0.326 e. The lowest BCUT2D eigenvalue weighted by molar-refractivity contribution is 0.141. The highest BCUT2D eigenvalue weighted by molar-refractivity contribution is 5.83. The molecular formula is C29H34F2N8. The second kappa shape index (κ2) is 10.2. The molecule has 1 N–H and O–H groups in total. The van der Waals surface area contributed by atoms with Gasteiger partial charge in [0.05, 0.1) is 11.7 Å². The Bertz CT molecular complexity index is 1490. The van der Waals surface area contributed by atoms with Crippen molar-refractivity contribution in [3.8, 4) is 11.3 Å². The van der Waals surface area contributed by atoms with Crippen molar-refractivity contribution in [2.75, 3.05) is 31.5 Å². The van der Waals surface area contributed by atoms with E-state index in [4.69, 9.17) is 0 Å². The second-order valence-corrected chi connectivity index (χ2v) is 10.9. The van der Waals surface area contributed by atoms with Gasteiger partial charge in [0.25, 0.3) is 0 Å². The number of halogens is 2. The van der Waals surface area contributed by atoms with E-state index in [1.807, 2.05) is 37.6 Å². The molecule has 39 heavy (non-hydrogen) atoms. The number of piperidine rings is 1. The number of nitrogens with zero attached hydrogens (tertiary/aromatic N) is 7. The Labute approximate surface area is 227 Å². The van der Waals surface area contributed by atoms with Gasteiger partial charge in [-0.3, -0.25) is 4.90 Å². The second-order valence-electron chi connectivity index (χ2n) is 10.9. The monoisotopic (exact) mass is 532 g/mol. The summed E-state index contributed by atoms with van der Waals surface area (Å²) in [5.41, 5.74) is 2.36. The first-order valence-electron chi connectivity index (χ1n) is 13.7. The van der Waals surface area contributed by atoms with E-state index in [-0.39, 0.29) is 29.2 Å². The molecule has 10 heteroatoms. The van der Waals surface area contributed by atoms with Crippen molar-refractivity contribution >= 4 is 22.8 Å². The summed E-state index contributed by atoms with van der Waals surface area (Å²) in [7, 11) is 0. The quantitative estimate of drug-likeness (QED) is 0.344. The van der Waals surface area contributed by atoms with Gasteiger partial charge in [-0.05, 0) is 77.4 Å². The molecule has 0 saturated carbocycles. The highest BCUT2D eigenvalue weighted by Gasteiger charge is 2.32. The van der Waals surface area contributed by atoms with Gasteiger partial charge in [-0.15, -0.1) is 0 Å². The number of pyridine rings is 1. The summed E-state index contributed by atoms with van der Waals surface area (Å²) in [6, 6.07) is 7.93. The Morgan fingerprint density at radius 3 is 2.44 bits per heavy atom. The highest BCUT2D eigenvalue weighted by Crippen LogP contribution is 2.32. The Hall–Kier alpha value is -3.50. The zero-order chi connectivity index (χ0) is 27.3. The van der Waals surface area contributed by atoms with Crippen LogP contribution in [0.1, 0.15) is 57.1 Å². The van der Waals surface area contributed by atoms with Crippen LogP contribution in [-0.4, -0.2) is 66.5 Å². The molecule has 8 nitrogen and oxygen atoms in total. The maximum atomic E-state index is 15.0. The lowest BCUT2D eigenvalue weighted by Gasteiger charge is -2.35. The van der Waals surface area contributed by atoms with Crippen molar-refractivity contribution in [1.82, 2.24) is 34.3 Å². The average molecular weight is 533 g/mol. The first kappa shape index (κ1) is 25.8. The zero-order valence-corrected chi connectivity index (χ0v) is 22.8. The van der Waals surface area contributed by atoms with Crippen LogP contribution in [0, 0.1) is 18.6 Å². The van der Waals surface area contributed by atoms with Crippen LogP contribution in [0.5, 0.6) is 0 Å². The van der Waals surface area contributed by atoms with Crippen molar-refractivity contribution in [3.05, 3.63) is 59.7 Å². The molecular weight excluding hydrogens is 498 g/mol. The van der Waals surface area contributed by atoms with Gasteiger partial charge in [0.15, 0.2) is 11.6 Å². The van der Waals surface area contributed by atoms with E-state index in [9.17, 15) is 4.39 Å². The van der Waals surface area contributed by atoms with E-state index in [0.717, 1.165) is 24.8 Å². The lowest BCUT2D eigenvalue weighted by atomic mass is 10.0. The molecule has 0 spiro atoms. The molecule has 0 aliphatic carbocycles. The number of nitrogens with one attached hydrogen (secondary N) is 1. The van der Waals surface area contributed by atoms with Crippen molar-refractivity contribution in [2.45, 2.75) is 58.7 Å². The molecule has 3 aromatic heterocycles. The summed E-state index contributed by atoms with van der Waals surface area (Å²) in [6.45, 7) is 12.7. The van der Waals surface area contributed by atoms with Gasteiger partial charge in [-0.2, -0.15) is 0 Å². The summed E-state index contributed by atoms with van der Waals surface area (Å²) in [5.74, 6) is 0.297. The Morgan fingerprint density at radius 1 is 0.923 bits per heavy atom. The van der Waals surface area contributed by atoms with Crippen LogP contribution >= 0.6 is 0 Å². The predicted molar refractivity (Wildman–Crippen MR) is 148 cm³/mol. The lowest BCUT2D eigenvalue weighted by Crippen LogP contribution is -2.39. The maximum Gasteiger partial charge on any atom is 0.229 e. The highest BCUT2D eigenvalue weighted by atomic mass is 19.1. The third-order valence-corrected chi connectivity index (χ3v) is 8.17.